The number of phosphoric ester groups is 1. The number of carbonyl (C=O) groups is 1. The zero-order chi connectivity index (χ0) is 53.5. The minimum atomic E-state index is -4.60. The van der Waals surface area contributed by atoms with Crippen LogP contribution in [0.1, 0.15) is 341 Å². The molecule has 0 aliphatic rings. The Balaban J connectivity index is 4.06. The molecule has 0 spiro atoms. The minimum Gasteiger partial charge on any atom is -0.756 e. The van der Waals surface area contributed by atoms with Crippen molar-refractivity contribution in [1.29, 1.82) is 0 Å². The molecule has 2 N–H and O–H groups in total. The monoisotopic (exact) mass is 1050 g/mol. The molecular formula is C64H129N2O6P. The minimum absolute atomic E-state index is 0.00288. The predicted octanol–water partition coefficient (Wildman–Crippen LogP) is 19.5. The number of amides is 1. The maximum Gasteiger partial charge on any atom is 0.268 e. The second-order valence-electron chi connectivity index (χ2n) is 23.8. The first kappa shape index (κ1) is 72.2. The molecule has 0 aromatic rings. The summed E-state index contributed by atoms with van der Waals surface area (Å²) in [5.74, 6) is -0.188. The summed E-state index contributed by atoms with van der Waals surface area (Å²) in [6, 6.07) is -0.883. The van der Waals surface area contributed by atoms with Gasteiger partial charge in [-0.1, -0.05) is 328 Å². The van der Waals surface area contributed by atoms with Gasteiger partial charge >= 0.3 is 0 Å². The first-order chi connectivity index (χ1) is 35.5. The van der Waals surface area contributed by atoms with E-state index < -0.39 is 20.0 Å². The number of phosphoric acid groups is 1. The topological polar surface area (TPSA) is 108 Å². The van der Waals surface area contributed by atoms with Crippen LogP contribution < -0.4 is 10.2 Å². The van der Waals surface area contributed by atoms with Gasteiger partial charge in [-0.25, -0.2) is 0 Å². The van der Waals surface area contributed by atoms with Crippen LogP contribution in [0.15, 0.2) is 12.2 Å². The summed E-state index contributed by atoms with van der Waals surface area (Å²) in [6.07, 6.45) is 70.3. The summed E-state index contributed by atoms with van der Waals surface area (Å²) in [6.45, 7) is 4.72. The summed E-state index contributed by atoms with van der Waals surface area (Å²) in [5.41, 5.74) is 0. The number of unbranched alkanes of at least 4 members (excludes halogenated alkanes) is 48. The molecule has 8 nitrogen and oxygen atoms in total. The fraction of sp³-hybridized carbons (Fsp3) is 0.953. The number of aliphatic hydroxyl groups is 1. The zero-order valence-corrected chi connectivity index (χ0v) is 50.8. The summed E-state index contributed by atoms with van der Waals surface area (Å²) in [4.78, 5) is 25.6. The fourth-order valence-electron chi connectivity index (χ4n) is 10.2. The molecule has 0 heterocycles. The Kier molecular flexibility index (Phi) is 55.4. The quantitative estimate of drug-likeness (QED) is 0.0272. The molecule has 3 unspecified atom stereocenters. The third kappa shape index (κ3) is 58.8. The SMILES string of the molecule is CCCCCCCCCCCCCCCCCCCCCC/C=C/C(O)C(COP(=O)([O-])OCC[N+](C)(C)C)NC(=O)CCCCCCCCCCCCCCCCCCCCCCCCCCCCCCC. The van der Waals surface area contributed by atoms with Gasteiger partial charge in [-0.2, -0.15) is 0 Å². The second-order valence-corrected chi connectivity index (χ2v) is 25.2. The zero-order valence-electron chi connectivity index (χ0n) is 49.9. The van der Waals surface area contributed by atoms with Gasteiger partial charge in [0, 0.05) is 6.42 Å². The van der Waals surface area contributed by atoms with E-state index in [4.69, 9.17) is 9.05 Å². The molecule has 3 atom stereocenters. The van der Waals surface area contributed by atoms with Crippen LogP contribution in [0, 0.1) is 0 Å². The largest absolute Gasteiger partial charge is 0.756 e. The first-order valence-electron chi connectivity index (χ1n) is 32.6. The van der Waals surface area contributed by atoms with E-state index >= 15 is 0 Å². The lowest BCUT2D eigenvalue weighted by atomic mass is 10.0. The molecule has 9 heteroatoms. The molecule has 73 heavy (non-hydrogen) atoms. The number of carbonyl (C=O) groups excluding carboxylic acids is 1. The first-order valence-corrected chi connectivity index (χ1v) is 34.0. The van der Waals surface area contributed by atoms with E-state index in [2.05, 4.69) is 19.2 Å². The highest BCUT2D eigenvalue weighted by Gasteiger charge is 2.23. The molecule has 436 valence electrons. The van der Waals surface area contributed by atoms with Crippen LogP contribution in [-0.4, -0.2) is 68.5 Å². The molecule has 0 aliphatic carbocycles. The third-order valence-electron chi connectivity index (χ3n) is 15.2. The molecular weight excluding hydrogens is 924 g/mol. The van der Waals surface area contributed by atoms with E-state index in [1.54, 1.807) is 6.08 Å². The van der Waals surface area contributed by atoms with Gasteiger partial charge in [-0.05, 0) is 19.3 Å². The third-order valence-corrected chi connectivity index (χ3v) is 16.2. The van der Waals surface area contributed by atoms with Gasteiger partial charge in [0.15, 0.2) is 0 Å². The predicted molar refractivity (Wildman–Crippen MR) is 316 cm³/mol. The lowest BCUT2D eigenvalue weighted by molar-refractivity contribution is -0.870. The Labute approximate surface area is 456 Å². The van der Waals surface area contributed by atoms with Crippen molar-refractivity contribution in [2.45, 2.75) is 353 Å². The fourth-order valence-corrected chi connectivity index (χ4v) is 10.9. The highest BCUT2D eigenvalue weighted by molar-refractivity contribution is 7.45. The number of nitrogens with one attached hydrogen (secondary N) is 1. The molecule has 0 saturated heterocycles. The average Bonchev–Trinajstić information content (AvgIpc) is 3.35. The van der Waals surface area contributed by atoms with Crippen molar-refractivity contribution in [2.75, 3.05) is 40.9 Å². The molecule has 1 amide bonds. The van der Waals surface area contributed by atoms with Gasteiger partial charge in [-0.15, -0.1) is 0 Å². The van der Waals surface area contributed by atoms with Crippen LogP contribution in [0.3, 0.4) is 0 Å². The van der Waals surface area contributed by atoms with Crippen molar-refractivity contribution in [3.05, 3.63) is 12.2 Å². The van der Waals surface area contributed by atoms with Crippen LogP contribution >= 0.6 is 7.82 Å². The maximum atomic E-state index is 13.0. The van der Waals surface area contributed by atoms with Crippen LogP contribution in [-0.2, 0) is 18.4 Å². The number of aliphatic hydroxyl groups excluding tert-OH is 1. The van der Waals surface area contributed by atoms with Gasteiger partial charge in [0.2, 0.25) is 5.91 Å². The van der Waals surface area contributed by atoms with E-state index in [-0.39, 0.29) is 19.1 Å². The van der Waals surface area contributed by atoms with Crippen LogP contribution in [0.2, 0.25) is 0 Å². The maximum absolute atomic E-state index is 13.0. The lowest BCUT2D eigenvalue weighted by Gasteiger charge is -2.29. The Morgan fingerprint density at radius 2 is 0.740 bits per heavy atom. The molecule has 0 radical (unpaired) electrons. The van der Waals surface area contributed by atoms with Gasteiger partial charge in [0.05, 0.1) is 39.9 Å². The second kappa shape index (κ2) is 56.0. The number of quaternary nitrogens is 1. The Morgan fingerprint density at radius 3 is 1.03 bits per heavy atom. The summed E-state index contributed by atoms with van der Waals surface area (Å²) in [7, 11) is 1.28. The standard InChI is InChI=1S/C64H129N2O6P/c1-6-8-10-12-14-16-18-20-22-24-26-28-30-31-32-33-34-35-36-38-40-42-44-46-48-50-52-54-56-58-64(68)65-62(61-72-73(69,70)71-60-59-66(3,4)5)63(67)57-55-53-51-49-47-45-43-41-39-37-29-27-25-23-21-19-17-15-13-11-9-7-2/h55,57,62-63,67H,6-54,56,58-61H2,1-5H3,(H-,65,68,69,70)/b57-55+. The van der Waals surface area contributed by atoms with Crippen molar-refractivity contribution in [3.8, 4) is 0 Å². The molecule has 0 saturated carbocycles. The van der Waals surface area contributed by atoms with E-state index in [0.717, 1.165) is 38.5 Å². The van der Waals surface area contributed by atoms with Gasteiger partial charge in [0.25, 0.3) is 7.82 Å². The number of hydrogen-bond acceptors (Lipinski definition) is 6. The average molecular weight is 1050 g/mol. The molecule has 0 aromatic carbocycles. The van der Waals surface area contributed by atoms with Crippen LogP contribution in [0.5, 0.6) is 0 Å². The molecule has 0 aromatic heterocycles. The number of rotatable bonds is 61. The van der Waals surface area contributed by atoms with E-state index in [1.807, 2.05) is 27.2 Å². The van der Waals surface area contributed by atoms with Crippen LogP contribution in [0.4, 0.5) is 0 Å². The summed E-state index contributed by atoms with van der Waals surface area (Å²) < 4.78 is 23.4. The van der Waals surface area contributed by atoms with Gasteiger partial charge < -0.3 is 28.8 Å². The highest BCUT2D eigenvalue weighted by Crippen LogP contribution is 2.38. The number of allylic oxidation sites excluding steroid dienone is 1. The summed E-state index contributed by atoms with van der Waals surface area (Å²) in [5, 5.41) is 13.9. The van der Waals surface area contributed by atoms with Gasteiger partial charge in [-0.3, -0.25) is 9.36 Å². The van der Waals surface area contributed by atoms with Crippen LogP contribution in [0.25, 0.3) is 0 Å². The van der Waals surface area contributed by atoms with Gasteiger partial charge in [0.1, 0.15) is 13.2 Å². The van der Waals surface area contributed by atoms with Crippen molar-refractivity contribution in [1.82, 2.24) is 5.32 Å². The number of hydrogen-bond donors (Lipinski definition) is 2. The van der Waals surface area contributed by atoms with E-state index in [1.165, 1.54) is 283 Å². The summed E-state index contributed by atoms with van der Waals surface area (Å²) >= 11 is 0. The number of nitrogens with zero attached hydrogens (tertiary/aromatic N) is 1. The van der Waals surface area contributed by atoms with Crippen molar-refractivity contribution in [2.24, 2.45) is 0 Å². The smallest absolute Gasteiger partial charge is 0.268 e. The van der Waals surface area contributed by atoms with Crippen molar-refractivity contribution < 1.29 is 32.9 Å². The Hall–Kier alpha value is -0.760. The molecule has 0 bridgehead atoms. The van der Waals surface area contributed by atoms with E-state index in [0.29, 0.717) is 17.4 Å². The normalized spacial score (nSPS) is 13.8. The lowest BCUT2D eigenvalue weighted by Crippen LogP contribution is -2.45. The molecule has 0 rings (SSSR count). The Bertz CT molecular complexity index is 1200. The number of likely N-dealkylation sites (N-methyl/N-ethyl adjacent to an activating group) is 1. The van der Waals surface area contributed by atoms with Crippen molar-refractivity contribution in [3.63, 3.8) is 0 Å². The Morgan fingerprint density at radius 1 is 0.466 bits per heavy atom. The highest BCUT2D eigenvalue weighted by atomic mass is 31.2. The molecule has 0 fully saturated rings. The molecule has 0 aliphatic heterocycles. The van der Waals surface area contributed by atoms with E-state index in [9.17, 15) is 19.4 Å². The van der Waals surface area contributed by atoms with Crippen molar-refractivity contribution >= 4 is 13.7 Å².